The molecule has 2 nitrogen and oxygen atoms in total. The summed E-state index contributed by atoms with van der Waals surface area (Å²) in [5.41, 5.74) is 0. The number of terminal acetylenes is 1. The van der Waals surface area contributed by atoms with Crippen molar-refractivity contribution in [3.8, 4) is 12.3 Å². The van der Waals surface area contributed by atoms with Gasteiger partial charge in [0.15, 0.2) is 0 Å². The van der Waals surface area contributed by atoms with Gasteiger partial charge in [-0.15, -0.1) is 12.3 Å². The molecule has 2 rings (SSSR count). The van der Waals surface area contributed by atoms with E-state index in [1.54, 1.807) is 0 Å². The summed E-state index contributed by atoms with van der Waals surface area (Å²) in [5, 5.41) is 8.47. The highest BCUT2D eigenvalue weighted by molar-refractivity contribution is 4.97. The van der Waals surface area contributed by atoms with Crippen LogP contribution in [0, 0.1) is 18.3 Å². The van der Waals surface area contributed by atoms with Crippen LogP contribution < -0.4 is 0 Å². The Balaban J connectivity index is 1.80. The van der Waals surface area contributed by atoms with E-state index in [0.717, 1.165) is 18.8 Å². The van der Waals surface area contributed by atoms with Crippen LogP contribution >= 0.6 is 0 Å². The summed E-state index contributed by atoms with van der Waals surface area (Å²) in [4.78, 5) is 0. The molecule has 0 saturated heterocycles. The monoisotopic (exact) mass is 162 g/mol. The van der Waals surface area contributed by atoms with Crippen molar-refractivity contribution in [2.45, 2.75) is 44.2 Å². The van der Waals surface area contributed by atoms with Gasteiger partial charge in [-0.3, -0.25) is 0 Å². The lowest BCUT2D eigenvalue weighted by molar-refractivity contribution is 0.448. The Hall–Kier alpha value is -0.840. The summed E-state index contributed by atoms with van der Waals surface area (Å²) in [5.74, 6) is 3.42. The fourth-order valence-electron chi connectivity index (χ4n) is 2.31. The predicted octanol–water partition coefficient (Wildman–Crippen LogP) is 2.40. The van der Waals surface area contributed by atoms with Crippen LogP contribution in [0.2, 0.25) is 0 Å². The van der Waals surface area contributed by atoms with Gasteiger partial charge in [-0.1, -0.05) is 0 Å². The van der Waals surface area contributed by atoms with Gasteiger partial charge in [0.05, 0.1) is 12.1 Å². The van der Waals surface area contributed by atoms with E-state index in [0.29, 0.717) is 12.1 Å². The molecular formula is C10H14N2. The van der Waals surface area contributed by atoms with Gasteiger partial charge < -0.3 is 0 Å². The van der Waals surface area contributed by atoms with Crippen molar-refractivity contribution in [1.29, 1.82) is 0 Å². The molecule has 0 amide bonds. The van der Waals surface area contributed by atoms with E-state index in [-0.39, 0.29) is 0 Å². The number of rotatable bonds is 3. The molecule has 0 aromatic carbocycles. The third-order valence-electron chi connectivity index (χ3n) is 2.97. The van der Waals surface area contributed by atoms with Crippen molar-refractivity contribution in [2.24, 2.45) is 16.1 Å². The van der Waals surface area contributed by atoms with Gasteiger partial charge in [0.1, 0.15) is 0 Å². The standard InChI is InChI=1S/C10H14N2/c1-2-3-4-5-8-9-6-7-10(8)12-11-9/h1,8-10H,3-7H2/t8?,9-,10+. The molecule has 2 heteroatoms. The van der Waals surface area contributed by atoms with E-state index in [9.17, 15) is 0 Å². The molecule has 0 spiro atoms. The zero-order valence-electron chi connectivity index (χ0n) is 7.24. The second-order valence-corrected chi connectivity index (χ2v) is 3.70. The first-order chi connectivity index (χ1) is 5.92. The van der Waals surface area contributed by atoms with Crippen molar-refractivity contribution in [3.05, 3.63) is 0 Å². The normalized spacial score (nSPS) is 37.1. The Morgan fingerprint density at radius 3 is 2.42 bits per heavy atom. The van der Waals surface area contributed by atoms with Crippen molar-refractivity contribution in [3.63, 3.8) is 0 Å². The minimum absolute atomic E-state index is 0.549. The number of unbranched alkanes of at least 4 members (excludes halogenated alkanes) is 1. The maximum absolute atomic E-state index is 5.20. The van der Waals surface area contributed by atoms with E-state index >= 15 is 0 Å². The molecule has 0 radical (unpaired) electrons. The molecule has 1 heterocycles. The van der Waals surface area contributed by atoms with Crippen LogP contribution in [0.15, 0.2) is 10.2 Å². The lowest BCUT2D eigenvalue weighted by Gasteiger charge is -2.10. The van der Waals surface area contributed by atoms with Gasteiger partial charge in [0.25, 0.3) is 0 Å². The van der Waals surface area contributed by atoms with E-state index in [4.69, 9.17) is 6.42 Å². The Labute approximate surface area is 73.5 Å². The third kappa shape index (κ3) is 1.24. The van der Waals surface area contributed by atoms with Crippen molar-refractivity contribution in [2.75, 3.05) is 0 Å². The van der Waals surface area contributed by atoms with Crippen molar-refractivity contribution < 1.29 is 0 Å². The van der Waals surface area contributed by atoms with Gasteiger partial charge in [-0.25, -0.2) is 0 Å². The van der Waals surface area contributed by atoms with Gasteiger partial charge in [0.2, 0.25) is 0 Å². The SMILES string of the molecule is C#CCCCC1[C@@H]2CC[C@H]1N=N2. The second kappa shape index (κ2) is 3.26. The first-order valence-corrected chi connectivity index (χ1v) is 4.75. The first kappa shape index (κ1) is 7.79. The van der Waals surface area contributed by atoms with Crippen molar-refractivity contribution >= 4 is 0 Å². The zero-order chi connectivity index (χ0) is 8.39. The summed E-state index contributed by atoms with van der Waals surface area (Å²) in [6.45, 7) is 0. The molecule has 2 bridgehead atoms. The minimum atomic E-state index is 0.549. The van der Waals surface area contributed by atoms with Crippen LogP contribution in [0.25, 0.3) is 0 Å². The summed E-state index contributed by atoms with van der Waals surface area (Å²) < 4.78 is 0. The largest absolute Gasteiger partial charge is 0.190 e. The molecule has 1 saturated carbocycles. The molecule has 1 unspecified atom stereocenters. The molecule has 12 heavy (non-hydrogen) atoms. The van der Waals surface area contributed by atoms with Crippen LogP contribution in [0.1, 0.15) is 32.1 Å². The van der Waals surface area contributed by atoms with E-state index in [2.05, 4.69) is 16.1 Å². The van der Waals surface area contributed by atoms with E-state index in [1.165, 1.54) is 19.3 Å². The van der Waals surface area contributed by atoms with Crippen LogP contribution in [0.3, 0.4) is 0 Å². The number of hydrogen-bond donors (Lipinski definition) is 0. The maximum Gasteiger partial charge on any atom is 0.0758 e. The average molecular weight is 162 g/mol. The van der Waals surface area contributed by atoms with E-state index < -0.39 is 0 Å². The molecule has 2 aliphatic rings. The lowest BCUT2D eigenvalue weighted by atomic mass is 9.95. The van der Waals surface area contributed by atoms with Crippen LogP contribution in [-0.4, -0.2) is 12.1 Å². The highest BCUT2D eigenvalue weighted by Gasteiger charge is 2.40. The Morgan fingerprint density at radius 2 is 1.92 bits per heavy atom. The maximum atomic E-state index is 5.20. The van der Waals surface area contributed by atoms with Crippen LogP contribution in [-0.2, 0) is 0 Å². The van der Waals surface area contributed by atoms with Gasteiger partial charge in [-0.05, 0) is 25.7 Å². The molecule has 1 fully saturated rings. The summed E-state index contributed by atoms with van der Waals surface area (Å²) in [6, 6.07) is 1.10. The molecule has 0 aromatic heterocycles. The van der Waals surface area contributed by atoms with Crippen LogP contribution in [0.5, 0.6) is 0 Å². The summed E-state index contributed by atoms with van der Waals surface area (Å²) in [6.07, 6.45) is 11.0. The molecule has 3 atom stereocenters. The second-order valence-electron chi connectivity index (χ2n) is 3.70. The molecule has 64 valence electrons. The smallest absolute Gasteiger partial charge is 0.0758 e. The Bertz CT molecular complexity index is 212. The fraction of sp³-hybridized carbons (Fsp3) is 0.800. The quantitative estimate of drug-likeness (QED) is 0.449. The molecule has 1 aliphatic heterocycles. The number of fused-ring (bicyclic) bond motifs is 2. The Morgan fingerprint density at radius 1 is 1.25 bits per heavy atom. The summed E-state index contributed by atoms with van der Waals surface area (Å²) in [7, 11) is 0. The minimum Gasteiger partial charge on any atom is -0.190 e. The molecule has 0 aromatic rings. The van der Waals surface area contributed by atoms with Crippen molar-refractivity contribution in [1.82, 2.24) is 0 Å². The zero-order valence-corrected chi connectivity index (χ0v) is 7.24. The molecule has 1 aliphatic carbocycles. The van der Waals surface area contributed by atoms with Crippen LogP contribution in [0.4, 0.5) is 0 Å². The van der Waals surface area contributed by atoms with E-state index in [1.807, 2.05) is 0 Å². The molecular weight excluding hydrogens is 148 g/mol. The highest BCUT2D eigenvalue weighted by atomic mass is 15.2. The van der Waals surface area contributed by atoms with Gasteiger partial charge in [-0.2, -0.15) is 10.2 Å². The molecule has 0 N–H and O–H groups in total. The topological polar surface area (TPSA) is 24.7 Å². The third-order valence-corrected chi connectivity index (χ3v) is 2.97. The number of azo groups is 1. The first-order valence-electron chi connectivity index (χ1n) is 4.75. The van der Waals surface area contributed by atoms with Gasteiger partial charge >= 0.3 is 0 Å². The number of hydrogen-bond acceptors (Lipinski definition) is 2. The Kier molecular flexibility index (Phi) is 2.12. The van der Waals surface area contributed by atoms with Gasteiger partial charge in [0, 0.05) is 12.3 Å². The predicted molar refractivity (Wildman–Crippen MR) is 47.8 cm³/mol. The highest BCUT2D eigenvalue weighted by Crippen LogP contribution is 2.39. The summed E-state index contributed by atoms with van der Waals surface area (Å²) >= 11 is 0. The average Bonchev–Trinajstić information content (AvgIpc) is 2.65. The fourth-order valence-corrected chi connectivity index (χ4v) is 2.31. The lowest BCUT2D eigenvalue weighted by Crippen LogP contribution is -2.13. The number of nitrogens with zero attached hydrogens (tertiary/aromatic N) is 2.